The number of nitrogens with one attached hydrogen (secondary N) is 1. The number of H-pyrrole nitrogens is 1. The van der Waals surface area contributed by atoms with Gasteiger partial charge in [0.25, 0.3) is 0 Å². The van der Waals surface area contributed by atoms with E-state index in [-0.39, 0.29) is 11.7 Å². The summed E-state index contributed by atoms with van der Waals surface area (Å²) in [6, 6.07) is 11.0. The van der Waals surface area contributed by atoms with Crippen LogP contribution in [0.4, 0.5) is 4.39 Å². The molecular weight excluding hydrogens is 405 g/mol. The molecule has 160 valence electrons. The van der Waals surface area contributed by atoms with Crippen molar-refractivity contribution in [2.75, 3.05) is 0 Å². The predicted molar refractivity (Wildman–Crippen MR) is 119 cm³/mol. The van der Waals surface area contributed by atoms with Gasteiger partial charge in [0.05, 0.1) is 23.1 Å². The minimum absolute atomic E-state index is 0.103. The zero-order chi connectivity index (χ0) is 21.8. The van der Waals surface area contributed by atoms with Gasteiger partial charge in [0.2, 0.25) is 5.82 Å². The van der Waals surface area contributed by atoms with Gasteiger partial charge in [-0.3, -0.25) is 0 Å². The van der Waals surface area contributed by atoms with Crippen LogP contribution in [0.2, 0.25) is 0 Å². The number of fused-ring (bicyclic) bond motifs is 2. The molecule has 1 N–H and O–H groups in total. The van der Waals surface area contributed by atoms with E-state index in [0.717, 1.165) is 58.8 Å². The lowest BCUT2D eigenvalue weighted by atomic mass is 9.88. The Morgan fingerprint density at radius 2 is 2.00 bits per heavy atom. The second-order valence-corrected chi connectivity index (χ2v) is 8.42. The summed E-state index contributed by atoms with van der Waals surface area (Å²) in [5.41, 5.74) is 5.81. The van der Waals surface area contributed by atoms with Gasteiger partial charge < -0.3 is 9.55 Å². The minimum atomic E-state index is -0.211. The van der Waals surface area contributed by atoms with Gasteiger partial charge in [-0.2, -0.15) is 0 Å². The van der Waals surface area contributed by atoms with Crippen LogP contribution in [0.25, 0.3) is 28.4 Å². The number of hydrogen-bond donors (Lipinski definition) is 1. The molecule has 0 radical (unpaired) electrons. The number of rotatable bonds is 3. The molecule has 0 saturated carbocycles. The second-order valence-electron chi connectivity index (χ2n) is 8.42. The quantitative estimate of drug-likeness (QED) is 0.453. The van der Waals surface area contributed by atoms with Crippen molar-refractivity contribution in [3.8, 4) is 17.3 Å². The molecule has 0 fully saturated rings. The molecule has 6 rings (SSSR count). The van der Waals surface area contributed by atoms with Gasteiger partial charge >= 0.3 is 0 Å². The van der Waals surface area contributed by atoms with Crippen molar-refractivity contribution in [2.24, 2.45) is 0 Å². The lowest BCUT2D eigenvalue weighted by Crippen LogP contribution is -2.18. The summed E-state index contributed by atoms with van der Waals surface area (Å²) in [6.07, 6.45) is 5.76. The summed E-state index contributed by atoms with van der Waals surface area (Å²) >= 11 is 0. The molecule has 32 heavy (non-hydrogen) atoms. The fraction of sp³-hybridized carbons (Fsp3) is 0.250. The molecule has 1 aliphatic heterocycles. The summed E-state index contributed by atoms with van der Waals surface area (Å²) < 4.78 is 17.6. The molecule has 0 saturated heterocycles. The van der Waals surface area contributed by atoms with Gasteiger partial charge in [-0.1, -0.05) is 6.07 Å². The Bertz CT molecular complexity index is 1460. The Morgan fingerprint density at radius 3 is 2.81 bits per heavy atom. The number of aromatic amines is 1. The lowest BCUT2D eigenvalue weighted by Gasteiger charge is -2.23. The van der Waals surface area contributed by atoms with Crippen molar-refractivity contribution in [3.63, 3.8) is 0 Å². The number of nitrogens with zero attached hydrogens (tertiary/aromatic N) is 6. The monoisotopic (exact) mass is 427 g/mol. The minimum Gasteiger partial charge on any atom is -0.335 e. The first kappa shape index (κ1) is 18.9. The van der Waals surface area contributed by atoms with Crippen LogP contribution >= 0.6 is 0 Å². The van der Waals surface area contributed by atoms with Crippen LogP contribution < -0.4 is 0 Å². The normalized spacial score (nSPS) is 15.9. The number of imidazole rings is 2. The van der Waals surface area contributed by atoms with E-state index >= 15 is 0 Å². The van der Waals surface area contributed by atoms with Crippen LogP contribution in [0.5, 0.6) is 0 Å². The van der Waals surface area contributed by atoms with E-state index in [1.165, 1.54) is 6.07 Å². The third-order valence-corrected chi connectivity index (χ3v) is 6.17. The standard InChI is InChI=1S/C24H22FN7/c1-14-10-16(25)5-7-18(14)19-4-3-9-32-24(19)29-23(30-32)22-27-20-8-6-17(11-21(20)28-22)31-12-15(2)26-13-31/h5-8,10-13,19H,3-4,9H2,1-2H3,(H,27,28). The molecule has 0 amide bonds. The maximum absolute atomic E-state index is 13.6. The van der Waals surface area contributed by atoms with Crippen molar-refractivity contribution in [2.45, 2.75) is 39.2 Å². The largest absolute Gasteiger partial charge is 0.335 e. The van der Waals surface area contributed by atoms with Crippen LogP contribution in [0.3, 0.4) is 0 Å². The number of aromatic nitrogens is 7. The van der Waals surface area contributed by atoms with Gasteiger partial charge in [0.15, 0.2) is 5.82 Å². The Kier molecular flexibility index (Phi) is 4.21. The van der Waals surface area contributed by atoms with Crippen LogP contribution in [-0.2, 0) is 6.54 Å². The number of benzene rings is 2. The highest BCUT2D eigenvalue weighted by Crippen LogP contribution is 2.35. The SMILES string of the molecule is Cc1cn(-c2ccc3nc(-c4nc5n(n4)CCCC5c4ccc(F)cc4C)[nH]c3c2)cn1. The Labute approximate surface area is 184 Å². The molecule has 8 heteroatoms. The predicted octanol–water partition coefficient (Wildman–Crippen LogP) is 4.69. The molecule has 4 heterocycles. The summed E-state index contributed by atoms with van der Waals surface area (Å²) in [6.45, 7) is 4.74. The highest BCUT2D eigenvalue weighted by Gasteiger charge is 2.28. The fourth-order valence-corrected chi connectivity index (χ4v) is 4.60. The molecule has 1 atom stereocenters. The van der Waals surface area contributed by atoms with E-state index < -0.39 is 0 Å². The Morgan fingerprint density at radius 1 is 1.09 bits per heavy atom. The zero-order valence-corrected chi connectivity index (χ0v) is 17.9. The van der Waals surface area contributed by atoms with E-state index in [1.54, 1.807) is 12.4 Å². The maximum atomic E-state index is 13.6. The van der Waals surface area contributed by atoms with E-state index in [0.29, 0.717) is 11.6 Å². The molecule has 0 aliphatic carbocycles. The smallest absolute Gasteiger partial charge is 0.217 e. The lowest BCUT2D eigenvalue weighted by molar-refractivity contribution is 0.445. The van der Waals surface area contributed by atoms with Crippen molar-refractivity contribution in [1.82, 2.24) is 34.3 Å². The highest BCUT2D eigenvalue weighted by atomic mass is 19.1. The third-order valence-electron chi connectivity index (χ3n) is 6.17. The first-order chi connectivity index (χ1) is 15.5. The summed E-state index contributed by atoms with van der Waals surface area (Å²) in [7, 11) is 0. The molecular formula is C24H22FN7. The average molecular weight is 427 g/mol. The molecule has 2 aromatic carbocycles. The van der Waals surface area contributed by atoms with E-state index in [9.17, 15) is 4.39 Å². The molecule has 5 aromatic rings. The summed E-state index contributed by atoms with van der Waals surface area (Å²) in [5, 5.41) is 4.75. The van der Waals surface area contributed by atoms with Gasteiger partial charge in [-0.05, 0) is 68.1 Å². The summed E-state index contributed by atoms with van der Waals surface area (Å²) in [5.74, 6) is 2.04. The van der Waals surface area contributed by atoms with Crippen molar-refractivity contribution >= 4 is 11.0 Å². The summed E-state index contributed by atoms with van der Waals surface area (Å²) in [4.78, 5) is 17.3. The maximum Gasteiger partial charge on any atom is 0.217 e. The fourth-order valence-electron chi connectivity index (χ4n) is 4.60. The molecule has 1 unspecified atom stereocenters. The molecule has 0 spiro atoms. The third kappa shape index (κ3) is 3.10. The van der Waals surface area contributed by atoms with Crippen molar-refractivity contribution < 1.29 is 4.39 Å². The molecule has 1 aliphatic rings. The van der Waals surface area contributed by atoms with Crippen LogP contribution in [0.1, 0.15) is 41.4 Å². The molecule has 0 bridgehead atoms. The molecule has 7 nitrogen and oxygen atoms in total. The van der Waals surface area contributed by atoms with Gasteiger partial charge in [-0.15, -0.1) is 5.10 Å². The molecule has 3 aromatic heterocycles. The van der Waals surface area contributed by atoms with Gasteiger partial charge in [0, 0.05) is 24.3 Å². The zero-order valence-electron chi connectivity index (χ0n) is 17.9. The average Bonchev–Trinajstić information content (AvgIpc) is 3.50. The number of halogens is 1. The number of aryl methyl sites for hydroxylation is 3. The Hall–Kier alpha value is -3.81. The van der Waals surface area contributed by atoms with Crippen LogP contribution in [-0.4, -0.2) is 34.3 Å². The van der Waals surface area contributed by atoms with Gasteiger partial charge in [-0.25, -0.2) is 24.0 Å². The van der Waals surface area contributed by atoms with E-state index in [2.05, 4.69) is 9.97 Å². The van der Waals surface area contributed by atoms with Crippen LogP contribution in [0.15, 0.2) is 48.9 Å². The first-order valence-electron chi connectivity index (χ1n) is 10.8. The van der Waals surface area contributed by atoms with Crippen LogP contribution in [0, 0.1) is 19.7 Å². The van der Waals surface area contributed by atoms with Gasteiger partial charge in [0.1, 0.15) is 11.6 Å². The van der Waals surface area contributed by atoms with Crippen molar-refractivity contribution in [1.29, 1.82) is 0 Å². The highest BCUT2D eigenvalue weighted by molar-refractivity contribution is 5.80. The first-order valence-corrected chi connectivity index (χ1v) is 10.8. The number of hydrogen-bond acceptors (Lipinski definition) is 4. The topological polar surface area (TPSA) is 77.2 Å². The Balaban J connectivity index is 1.39. The second kappa shape index (κ2) is 7.12. The van der Waals surface area contributed by atoms with E-state index in [1.807, 2.05) is 53.6 Å². The van der Waals surface area contributed by atoms with Crippen molar-refractivity contribution in [3.05, 3.63) is 77.4 Å². The van der Waals surface area contributed by atoms with E-state index in [4.69, 9.17) is 15.1 Å².